The number of methoxy groups -OCH3 is 1. The second-order valence-electron chi connectivity index (χ2n) is 7.70. The van der Waals surface area contributed by atoms with E-state index in [1.165, 1.54) is 30.6 Å². The molecule has 7 nitrogen and oxygen atoms in total. The Labute approximate surface area is 193 Å². The summed E-state index contributed by atoms with van der Waals surface area (Å²) in [5.74, 6) is -2.44. The molecule has 1 aromatic carbocycles. The van der Waals surface area contributed by atoms with Gasteiger partial charge in [-0.2, -0.15) is 0 Å². The standard InChI is InChI=1S/C22H21ClFN3O4S/c1-31-22(30)15-17(11-4-2-5-12(10-11)21(28)29)26-19(20-25-8-9-32-20)27-18(15)13-6-3-7-14(24)16(13)23/h3,6-9,11-12,18H,2,4-5,10H2,1H3,(H,26,27)(H,28,29). The van der Waals surface area contributed by atoms with E-state index in [0.29, 0.717) is 47.8 Å². The lowest BCUT2D eigenvalue weighted by atomic mass is 9.77. The van der Waals surface area contributed by atoms with Gasteiger partial charge in [-0.1, -0.05) is 30.2 Å². The van der Waals surface area contributed by atoms with Gasteiger partial charge in [-0.05, 0) is 25.3 Å². The zero-order chi connectivity index (χ0) is 22.8. The molecule has 1 aromatic heterocycles. The molecule has 1 aliphatic carbocycles. The van der Waals surface area contributed by atoms with Crippen LogP contribution in [0.5, 0.6) is 0 Å². The van der Waals surface area contributed by atoms with Crippen molar-refractivity contribution in [3.8, 4) is 0 Å². The lowest BCUT2D eigenvalue weighted by molar-refractivity contribution is -0.143. The molecule has 0 spiro atoms. The molecule has 2 N–H and O–H groups in total. The van der Waals surface area contributed by atoms with Gasteiger partial charge in [0.25, 0.3) is 0 Å². The number of carboxylic acid groups (broad SMARTS) is 1. The number of carbonyl (C=O) groups excluding carboxylic acids is 1. The first kappa shape index (κ1) is 22.4. The molecule has 0 bridgehead atoms. The maximum atomic E-state index is 14.3. The third-order valence-electron chi connectivity index (χ3n) is 5.82. The smallest absolute Gasteiger partial charge is 0.338 e. The number of esters is 1. The van der Waals surface area contributed by atoms with Gasteiger partial charge < -0.3 is 15.2 Å². The Bertz CT molecular complexity index is 1100. The molecule has 2 aliphatic rings. The first-order valence-electron chi connectivity index (χ1n) is 10.1. The van der Waals surface area contributed by atoms with Gasteiger partial charge >= 0.3 is 11.9 Å². The molecule has 0 amide bonds. The summed E-state index contributed by atoms with van der Waals surface area (Å²) < 4.78 is 19.4. The highest BCUT2D eigenvalue weighted by molar-refractivity contribution is 7.11. The highest BCUT2D eigenvalue weighted by atomic mass is 35.5. The van der Waals surface area contributed by atoms with Crippen LogP contribution < -0.4 is 5.32 Å². The molecule has 1 saturated carbocycles. The Balaban J connectivity index is 1.88. The van der Waals surface area contributed by atoms with E-state index < -0.39 is 29.7 Å². The van der Waals surface area contributed by atoms with E-state index in [-0.39, 0.29) is 16.5 Å². The van der Waals surface area contributed by atoms with Crippen LogP contribution in [0.2, 0.25) is 5.02 Å². The van der Waals surface area contributed by atoms with Crippen LogP contribution in [0.15, 0.2) is 46.0 Å². The summed E-state index contributed by atoms with van der Waals surface area (Å²) in [5, 5.41) is 15.0. The number of nitrogens with one attached hydrogen (secondary N) is 1. The van der Waals surface area contributed by atoms with Crippen LogP contribution in [0.1, 0.15) is 42.3 Å². The first-order chi connectivity index (χ1) is 15.4. The number of allylic oxidation sites excluding steroid dienone is 1. The number of amidine groups is 1. The van der Waals surface area contributed by atoms with Crippen molar-refractivity contribution in [3.63, 3.8) is 0 Å². The fourth-order valence-electron chi connectivity index (χ4n) is 4.30. The minimum Gasteiger partial charge on any atom is -0.481 e. The zero-order valence-corrected chi connectivity index (χ0v) is 18.8. The lowest BCUT2D eigenvalue weighted by Crippen LogP contribution is -2.38. The molecule has 1 fully saturated rings. The largest absolute Gasteiger partial charge is 0.481 e. The monoisotopic (exact) mass is 477 g/mol. The van der Waals surface area contributed by atoms with Crippen LogP contribution in [0.3, 0.4) is 0 Å². The molecular weight excluding hydrogens is 457 g/mol. The first-order valence-corrected chi connectivity index (χ1v) is 11.4. The number of ether oxygens (including phenoxy) is 1. The number of thiazole rings is 1. The molecule has 32 heavy (non-hydrogen) atoms. The van der Waals surface area contributed by atoms with E-state index in [2.05, 4.69) is 15.3 Å². The second-order valence-corrected chi connectivity index (χ2v) is 8.98. The van der Waals surface area contributed by atoms with E-state index >= 15 is 0 Å². The molecule has 4 rings (SSSR count). The van der Waals surface area contributed by atoms with Crippen molar-refractivity contribution < 1.29 is 23.8 Å². The minimum absolute atomic E-state index is 0.130. The average molecular weight is 478 g/mol. The lowest BCUT2D eigenvalue weighted by Gasteiger charge is -2.34. The van der Waals surface area contributed by atoms with Crippen LogP contribution in [-0.4, -0.2) is 35.0 Å². The summed E-state index contributed by atoms with van der Waals surface area (Å²) in [6.07, 6.45) is 3.98. The van der Waals surface area contributed by atoms with E-state index in [1.54, 1.807) is 17.6 Å². The van der Waals surface area contributed by atoms with Gasteiger partial charge in [0.2, 0.25) is 0 Å². The molecule has 1 aliphatic heterocycles. The number of aliphatic imine (C=N–C) groups is 1. The summed E-state index contributed by atoms with van der Waals surface area (Å²) in [4.78, 5) is 33.6. The number of hydrogen-bond donors (Lipinski definition) is 2. The number of carboxylic acids is 1. The van der Waals surface area contributed by atoms with Crippen LogP contribution in [0, 0.1) is 17.7 Å². The quantitative estimate of drug-likeness (QED) is 0.621. The highest BCUT2D eigenvalue weighted by Gasteiger charge is 2.39. The van der Waals surface area contributed by atoms with Crippen molar-refractivity contribution >= 4 is 40.7 Å². The van der Waals surface area contributed by atoms with Gasteiger partial charge in [0.15, 0.2) is 10.8 Å². The number of nitrogens with zero attached hydrogens (tertiary/aromatic N) is 2. The predicted octanol–water partition coefficient (Wildman–Crippen LogP) is 4.34. The summed E-state index contributed by atoms with van der Waals surface area (Å²) in [5.41, 5.74) is 1.07. The topological polar surface area (TPSA) is 101 Å². The van der Waals surface area contributed by atoms with Crippen LogP contribution in [0.4, 0.5) is 4.39 Å². The van der Waals surface area contributed by atoms with E-state index in [4.69, 9.17) is 16.3 Å². The van der Waals surface area contributed by atoms with E-state index in [0.717, 1.165) is 0 Å². The summed E-state index contributed by atoms with van der Waals surface area (Å²) in [7, 11) is 1.26. The molecule has 10 heteroatoms. The number of hydrogen-bond acceptors (Lipinski definition) is 7. The fourth-order valence-corrected chi connectivity index (χ4v) is 5.12. The minimum atomic E-state index is -0.925. The Morgan fingerprint density at radius 3 is 2.84 bits per heavy atom. The molecule has 2 aromatic rings. The van der Waals surface area contributed by atoms with Gasteiger partial charge in [0.05, 0.1) is 23.6 Å². The van der Waals surface area contributed by atoms with Crippen LogP contribution in [-0.2, 0) is 14.3 Å². The molecule has 2 heterocycles. The van der Waals surface area contributed by atoms with E-state index in [9.17, 15) is 19.1 Å². The maximum Gasteiger partial charge on any atom is 0.338 e. The molecule has 3 atom stereocenters. The van der Waals surface area contributed by atoms with Crippen molar-refractivity contribution in [1.29, 1.82) is 0 Å². The van der Waals surface area contributed by atoms with Crippen LogP contribution >= 0.6 is 22.9 Å². The fraction of sp³-hybridized carbons (Fsp3) is 0.364. The van der Waals surface area contributed by atoms with Crippen LogP contribution in [0.25, 0.3) is 0 Å². The SMILES string of the molecule is COC(=O)C1=C(C2CCCC(C(=O)O)C2)NC(c2nccs2)=NC1c1cccc(F)c1Cl. The van der Waals surface area contributed by atoms with Gasteiger partial charge in [-0.15, -0.1) is 11.3 Å². The van der Waals surface area contributed by atoms with Crippen molar-refractivity contribution in [3.05, 3.63) is 62.5 Å². The number of carbonyl (C=O) groups is 2. The molecule has 0 radical (unpaired) electrons. The molecule has 3 unspecified atom stereocenters. The third-order valence-corrected chi connectivity index (χ3v) is 7.00. The number of rotatable bonds is 5. The third kappa shape index (κ3) is 4.27. The summed E-state index contributed by atoms with van der Waals surface area (Å²) in [6, 6.07) is 3.43. The predicted molar refractivity (Wildman–Crippen MR) is 118 cm³/mol. The maximum absolute atomic E-state index is 14.3. The van der Waals surface area contributed by atoms with Crippen molar-refractivity contribution in [1.82, 2.24) is 10.3 Å². The van der Waals surface area contributed by atoms with Crippen molar-refractivity contribution in [2.45, 2.75) is 31.7 Å². The zero-order valence-electron chi connectivity index (χ0n) is 17.2. The van der Waals surface area contributed by atoms with Gasteiger partial charge in [0.1, 0.15) is 11.9 Å². The van der Waals surface area contributed by atoms with Gasteiger partial charge in [-0.25, -0.2) is 14.2 Å². The number of halogens is 2. The number of aliphatic carboxylic acids is 1. The van der Waals surface area contributed by atoms with Crippen molar-refractivity contribution in [2.24, 2.45) is 16.8 Å². The Morgan fingerprint density at radius 1 is 1.34 bits per heavy atom. The van der Waals surface area contributed by atoms with Gasteiger partial charge in [0, 0.05) is 28.8 Å². The van der Waals surface area contributed by atoms with E-state index in [1.807, 2.05) is 0 Å². The molecule has 168 valence electrons. The Kier molecular flexibility index (Phi) is 6.57. The second kappa shape index (κ2) is 9.38. The number of aromatic nitrogens is 1. The molecular formula is C22H21ClFN3O4S. The Hall–Kier alpha value is -2.78. The highest BCUT2D eigenvalue weighted by Crippen LogP contribution is 2.42. The number of benzene rings is 1. The van der Waals surface area contributed by atoms with Crippen molar-refractivity contribution in [2.75, 3.05) is 7.11 Å². The normalized spacial score (nSPS) is 23.3. The average Bonchev–Trinajstić information content (AvgIpc) is 3.34. The Morgan fingerprint density at radius 2 is 2.16 bits per heavy atom. The van der Waals surface area contributed by atoms with Gasteiger partial charge in [-0.3, -0.25) is 9.79 Å². The summed E-state index contributed by atoms with van der Waals surface area (Å²) in [6.45, 7) is 0. The molecule has 0 saturated heterocycles. The summed E-state index contributed by atoms with van der Waals surface area (Å²) >= 11 is 7.64.